The SMILES string of the molecule is [CH2-]c1ccccc1CO.[Cl][Pd+].c1ccc([PH+](c2ccccc2)c2ccccc2)cc1. The van der Waals surface area contributed by atoms with E-state index in [4.69, 9.17) is 5.11 Å². The second kappa shape index (κ2) is 14.2. The third-order valence-corrected chi connectivity index (χ3v) is 7.21. The van der Waals surface area contributed by atoms with Crippen LogP contribution in [0.5, 0.6) is 0 Å². The number of benzene rings is 4. The molecule has 1 N–H and O–H groups in total. The molecule has 0 saturated carbocycles. The molecule has 0 aliphatic rings. The van der Waals surface area contributed by atoms with Gasteiger partial charge >= 0.3 is 27.7 Å². The molecule has 0 saturated heterocycles. The molecule has 4 aromatic rings. The normalized spacial score (nSPS) is 9.77. The van der Waals surface area contributed by atoms with Crippen LogP contribution in [0.2, 0.25) is 0 Å². The van der Waals surface area contributed by atoms with Crippen molar-refractivity contribution in [2.24, 2.45) is 0 Å². The Labute approximate surface area is 195 Å². The molecule has 0 aliphatic heterocycles. The largest absolute Gasteiger partial charge is 0.102 e. The van der Waals surface area contributed by atoms with E-state index in [1.54, 1.807) is 0 Å². The molecule has 0 spiro atoms. The Hall–Kier alpha value is -1.91. The first-order valence-corrected chi connectivity index (χ1v) is 13.0. The predicted octanol–water partition coefficient (Wildman–Crippen LogP) is 5.23. The molecule has 4 heteroatoms. The van der Waals surface area contributed by atoms with Crippen LogP contribution in [0.3, 0.4) is 0 Å². The van der Waals surface area contributed by atoms with Gasteiger partial charge in [0, 0.05) is 6.61 Å². The van der Waals surface area contributed by atoms with Gasteiger partial charge < -0.3 is 5.11 Å². The topological polar surface area (TPSA) is 20.2 Å². The van der Waals surface area contributed by atoms with E-state index in [9.17, 15) is 0 Å². The van der Waals surface area contributed by atoms with E-state index in [0.29, 0.717) is 0 Å². The fraction of sp³-hybridized carbons (Fsp3) is 0.0385. The van der Waals surface area contributed by atoms with Crippen molar-refractivity contribution in [2.75, 3.05) is 0 Å². The van der Waals surface area contributed by atoms with Gasteiger partial charge in [0.1, 0.15) is 15.9 Å². The maximum absolute atomic E-state index is 8.68. The summed E-state index contributed by atoms with van der Waals surface area (Å²) in [5, 5.41) is 13.0. The fourth-order valence-electron chi connectivity index (χ4n) is 3.03. The van der Waals surface area contributed by atoms with E-state index in [2.05, 4.69) is 126 Å². The molecule has 0 aliphatic carbocycles. The average molecular weight is 526 g/mol. The van der Waals surface area contributed by atoms with Crippen molar-refractivity contribution >= 4 is 33.4 Å². The monoisotopic (exact) mass is 525 g/mol. The Bertz CT molecular complexity index is 872. The van der Waals surface area contributed by atoms with Crippen molar-refractivity contribution < 1.29 is 23.3 Å². The van der Waals surface area contributed by atoms with Crippen molar-refractivity contribution in [3.8, 4) is 0 Å². The van der Waals surface area contributed by atoms with E-state index in [1.807, 2.05) is 24.3 Å². The van der Waals surface area contributed by atoms with Crippen LogP contribution in [0.15, 0.2) is 115 Å². The predicted molar refractivity (Wildman–Crippen MR) is 129 cm³/mol. The minimum Gasteiger partial charge on any atom is -0.0620 e. The molecule has 4 aromatic carbocycles. The molecule has 1 nitrogen and oxygen atoms in total. The molecule has 30 heavy (non-hydrogen) atoms. The molecule has 0 radical (unpaired) electrons. The number of aliphatic hydroxyl groups excluding tert-OH is 1. The summed E-state index contributed by atoms with van der Waals surface area (Å²) in [5.41, 5.74) is 1.80. The van der Waals surface area contributed by atoms with Crippen LogP contribution < -0.4 is 15.9 Å². The standard InChI is InChI=1S/C18H15P.C8H9O.ClH.Pd/c1-4-10-16(11-5-1)19(17-12-6-2-7-13-17)18-14-8-3-9-15-18;1-7-4-2-3-5-8(7)6-9;;/h1-15H;2-5,9H,1,6H2;1H;/q;-1;;+2. The average Bonchev–Trinajstić information content (AvgIpc) is 2.83. The molecule has 0 aromatic heterocycles. The third kappa shape index (κ3) is 7.41. The van der Waals surface area contributed by atoms with Gasteiger partial charge in [-0.15, -0.1) is 17.7 Å². The van der Waals surface area contributed by atoms with Crippen LogP contribution in [-0.2, 0) is 24.8 Å². The molecule has 0 atom stereocenters. The Morgan fingerprint density at radius 3 is 1.23 bits per heavy atom. The van der Waals surface area contributed by atoms with Gasteiger partial charge in [-0.25, -0.2) is 0 Å². The Morgan fingerprint density at radius 2 is 0.933 bits per heavy atom. The van der Waals surface area contributed by atoms with Crippen molar-refractivity contribution in [3.63, 3.8) is 0 Å². The molecule has 0 bridgehead atoms. The summed E-state index contributed by atoms with van der Waals surface area (Å²) in [6.07, 6.45) is 0. The second-order valence-electron chi connectivity index (χ2n) is 6.40. The number of halogens is 1. The molecule has 156 valence electrons. The molecular weight excluding hydrogens is 501 g/mol. The molecular formula is C26H25ClOPPd+. The second-order valence-corrected chi connectivity index (χ2v) is 8.88. The Morgan fingerprint density at radius 1 is 0.600 bits per heavy atom. The van der Waals surface area contributed by atoms with Crippen LogP contribution in [0.4, 0.5) is 0 Å². The molecule has 0 unspecified atom stereocenters. The van der Waals surface area contributed by atoms with Crippen molar-refractivity contribution in [1.29, 1.82) is 0 Å². The van der Waals surface area contributed by atoms with Crippen molar-refractivity contribution in [3.05, 3.63) is 133 Å². The van der Waals surface area contributed by atoms with Gasteiger partial charge in [0.2, 0.25) is 0 Å². The maximum Gasteiger partial charge on any atom is 0.102 e. The van der Waals surface area contributed by atoms with E-state index >= 15 is 0 Å². The van der Waals surface area contributed by atoms with Crippen LogP contribution >= 0.6 is 17.5 Å². The summed E-state index contributed by atoms with van der Waals surface area (Å²) in [5.74, 6) is 0. The Kier molecular flexibility index (Phi) is 11.5. The van der Waals surface area contributed by atoms with Gasteiger partial charge in [0.05, 0.1) is 7.92 Å². The van der Waals surface area contributed by atoms with Gasteiger partial charge in [-0.05, 0) is 36.4 Å². The summed E-state index contributed by atoms with van der Waals surface area (Å²) in [7, 11) is 3.61. The zero-order chi connectivity index (χ0) is 21.6. The first-order chi connectivity index (χ1) is 14.8. The number of hydrogen-bond acceptors (Lipinski definition) is 1. The third-order valence-electron chi connectivity index (χ3n) is 4.48. The first-order valence-electron chi connectivity index (χ1n) is 9.45. The van der Waals surface area contributed by atoms with E-state index in [1.165, 1.54) is 15.9 Å². The summed E-state index contributed by atoms with van der Waals surface area (Å²) < 4.78 is 0. The number of aliphatic hydroxyl groups is 1. The quantitative estimate of drug-likeness (QED) is 0.220. The van der Waals surface area contributed by atoms with E-state index < -0.39 is 7.92 Å². The summed E-state index contributed by atoms with van der Waals surface area (Å²) in [6, 6.07) is 40.0. The summed E-state index contributed by atoms with van der Waals surface area (Å²) in [4.78, 5) is 0. The minimum atomic E-state index is -0.877. The van der Waals surface area contributed by atoms with Gasteiger partial charge in [0.15, 0.2) is 0 Å². The smallest absolute Gasteiger partial charge is 0.0620 e. The van der Waals surface area contributed by atoms with Crippen LogP contribution in [0, 0.1) is 6.92 Å². The first kappa shape index (κ1) is 24.4. The van der Waals surface area contributed by atoms with E-state index in [-0.39, 0.29) is 6.61 Å². The van der Waals surface area contributed by atoms with Gasteiger partial charge in [0.25, 0.3) is 0 Å². The van der Waals surface area contributed by atoms with Crippen molar-refractivity contribution in [1.82, 2.24) is 0 Å². The number of rotatable bonds is 4. The molecule has 0 amide bonds. The van der Waals surface area contributed by atoms with Gasteiger partial charge in [-0.3, -0.25) is 0 Å². The summed E-state index contributed by atoms with van der Waals surface area (Å²) in [6.45, 7) is 3.81. The van der Waals surface area contributed by atoms with Crippen molar-refractivity contribution in [2.45, 2.75) is 6.61 Å². The van der Waals surface area contributed by atoms with Crippen LogP contribution in [-0.4, -0.2) is 5.11 Å². The zero-order valence-electron chi connectivity index (χ0n) is 16.5. The zero-order valence-corrected chi connectivity index (χ0v) is 19.8. The van der Waals surface area contributed by atoms with Gasteiger partial charge in [-0.1, -0.05) is 60.7 Å². The molecule has 0 heterocycles. The Balaban J connectivity index is 0.000000245. The van der Waals surface area contributed by atoms with Gasteiger partial charge in [-0.2, -0.15) is 18.6 Å². The molecule has 4 rings (SSSR count). The maximum atomic E-state index is 8.68. The van der Waals surface area contributed by atoms with Crippen LogP contribution in [0.1, 0.15) is 11.1 Å². The number of hydrogen-bond donors (Lipinski definition) is 1. The summed E-state index contributed by atoms with van der Waals surface area (Å²) >= 11 is 2.22. The molecule has 0 fully saturated rings. The fourth-order valence-corrected chi connectivity index (χ4v) is 5.60. The van der Waals surface area contributed by atoms with Crippen LogP contribution in [0.25, 0.3) is 0 Å². The van der Waals surface area contributed by atoms with E-state index in [0.717, 1.165) is 11.1 Å². The minimum absolute atomic E-state index is 0.0830.